The highest BCUT2D eigenvalue weighted by molar-refractivity contribution is 5.20. The Hall–Kier alpha value is -0.900. The normalized spacial score (nSPS) is 24.1. The van der Waals surface area contributed by atoms with Gasteiger partial charge >= 0.3 is 0 Å². The lowest BCUT2D eigenvalue weighted by atomic mass is 9.97. The van der Waals surface area contributed by atoms with Gasteiger partial charge in [0.05, 0.1) is 6.10 Å². The van der Waals surface area contributed by atoms with E-state index < -0.39 is 0 Å². The van der Waals surface area contributed by atoms with E-state index in [4.69, 9.17) is 10.5 Å². The summed E-state index contributed by atoms with van der Waals surface area (Å²) in [5, 5.41) is 0. The average molecular weight is 248 g/mol. The standard InChI is InChI=1S/C15H24N2O/c1-3-14(17-10-9-13(11-17)18-2)15(16)12-7-5-4-6-8-12/h4-8,13-15H,3,9-11,16H2,1-2H3. The van der Waals surface area contributed by atoms with E-state index in [0.717, 1.165) is 25.9 Å². The fraction of sp³-hybridized carbons (Fsp3) is 0.600. The van der Waals surface area contributed by atoms with Crippen molar-refractivity contribution < 1.29 is 4.74 Å². The minimum atomic E-state index is 0.0896. The Labute approximate surface area is 110 Å². The number of rotatable bonds is 5. The van der Waals surface area contributed by atoms with Gasteiger partial charge in [-0.15, -0.1) is 0 Å². The highest BCUT2D eigenvalue weighted by atomic mass is 16.5. The molecule has 18 heavy (non-hydrogen) atoms. The van der Waals surface area contributed by atoms with Crippen molar-refractivity contribution in [2.75, 3.05) is 20.2 Å². The number of hydrogen-bond acceptors (Lipinski definition) is 3. The zero-order chi connectivity index (χ0) is 13.0. The van der Waals surface area contributed by atoms with Crippen LogP contribution in [-0.4, -0.2) is 37.2 Å². The SMILES string of the molecule is CCC(C(N)c1ccccc1)N1CCC(OC)C1. The topological polar surface area (TPSA) is 38.5 Å². The maximum atomic E-state index is 6.43. The van der Waals surface area contributed by atoms with Crippen LogP contribution >= 0.6 is 0 Å². The number of likely N-dealkylation sites (tertiary alicyclic amines) is 1. The molecular weight excluding hydrogens is 224 g/mol. The number of ether oxygens (including phenoxy) is 1. The molecule has 0 amide bonds. The van der Waals surface area contributed by atoms with E-state index in [1.807, 2.05) is 6.07 Å². The zero-order valence-electron chi connectivity index (χ0n) is 11.4. The van der Waals surface area contributed by atoms with Crippen molar-refractivity contribution in [1.29, 1.82) is 0 Å². The molecule has 0 bridgehead atoms. The van der Waals surface area contributed by atoms with Gasteiger partial charge in [0.1, 0.15) is 0 Å². The highest BCUT2D eigenvalue weighted by Crippen LogP contribution is 2.25. The van der Waals surface area contributed by atoms with Crippen molar-refractivity contribution in [3.63, 3.8) is 0 Å². The van der Waals surface area contributed by atoms with Crippen molar-refractivity contribution >= 4 is 0 Å². The molecule has 1 heterocycles. The Balaban J connectivity index is 2.05. The first kappa shape index (κ1) is 13.5. The molecule has 0 saturated carbocycles. The van der Waals surface area contributed by atoms with Crippen LogP contribution < -0.4 is 5.73 Å². The first-order chi connectivity index (χ1) is 8.76. The Bertz CT molecular complexity index is 355. The van der Waals surface area contributed by atoms with Gasteiger partial charge in [-0.1, -0.05) is 37.3 Å². The molecule has 1 fully saturated rings. The molecule has 0 spiro atoms. The maximum Gasteiger partial charge on any atom is 0.0710 e. The summed E-state index contributed by atoms with van der Waals surface area (Å²) in [6.45, 7) is 4.32. The Morgan fingerprint density at radius 1 is 1.39 bits per heavy atom. The summed E-state index contributed by atoms with van der Waals surface area (Å²) in [7, 11) is 1.80. The number of methoxy groups -OCH3 is 1. The Kier molecular flexibility index (Phi) is 4.75. The van der Waals surface area contributed by atoms with Crippen LogP contribution in [0.15, 0.2) is 30.3 Å². The van der Waals surface area contributed by atoms with E-state index in [2.05, 4.69) is 36.1 Å². The lowest BCUT2D eigenvalue weighted by molar-refractivity contribution is 0.0967. The summed E-state index contributed by atoms with van der Waals surface area (Å²) in [6.07, 6.45) is 2.57. The third kappa shape index (κ3) is 2.91. The summed E-state index contributed by atoms with van der Waals surface area (Å²) >= 11 is 0. The number of benzene rings is 1. The molecule has 2 rings (SSSR count). The second-order valence-electron chi connectivity index (χ2n) is 5.05. The summed E-state index contributed by atoms with van der Waals surface area (Å²) in [4.78, 5) is 2.48. The van der Waals surface area contributed by atoms with Gasteiger partial charge in [-0.2, -0.15) is 0 Å². The highest BCUT2D eigenvalue weighted by Gasteiger charge is 2.31. The van der Waals surface area contributed by atoms with Crippen molar-refractivity contribution in [2.45, 2.75) is 38.0 Å². The van der Waals surface area contributed by atoms with E-state index in [1.165, 1.54) is 5.56 Å². The number of nitrogens with zero attached hydrogens (tertiary/aromatic N) is 1. The molecule has 1 aromatic rings. The van der Waals surface area contributed by atoms with Crippen molar-refractivity contribution in [2.24, 2.45) is 5.73 Å². The molecule has 3 atom stereocenters. The van der Waals surface area contributed by atoms with Gasteiger partial charge in [0.2, 0.25) is 0 Å². The average Bonchev–Trinajstić information content (AvgIpc) is 2.89. The maximum absolute atomic E-state index is 6.43. The van der Waals surface area contributed by atoms with Crippen LogP contribution in [0.25, 0.3) is 0 Å². The van der Waals surface area contributed by atoms with Gasteiger partial charge < -0.3 is 10.5 Å². The third-order valence-electron chi connectivity index (χ3n) is 4.00. The lowest BCUT2D eigenvalue weighted by Gasteiger charge is -2.32. The predicted octanol–water partition coefficient (Wildman–Crippen LogP) is 2.19. The predicted molar refractivity (Wildman–Crippen MR) is 74.4 cm³/mol. The van der Waals surface area contributed by atoms with Crippen molar-refractivity contribution in [3.8, 4) is 0 Å². The second-order valence-corrected chi connectivity index (χ2v) is 5.05. The quantitative estimate of drug-likeness (QED) is 0.868. The van der Waals surface area contributed by atoms with Crippen LogP contribution in [-0.2, 0) is 4.74 Å². The first-order valence-corrected chi connectivity index (χ1v) is 6.83. The largest absolute Gasteiger partial charge is 0.380 e. The Morgan fingerprint density at radius 2 is 2.11 bits per heavy atom. The minimum absolute atomic E-state index is 0.0896. The number of hydrogen-bond donors (Lipinski definition) is 1. The molecule has 3 unspecified atom stereocenters. The molecule has 3 heteroatoms. The fourth-order valence-electron chi connectivity index (χ4n) is 2.88. The lowest BCUT2D eigenvalue weighted by Crippen LogP contribution is -2.41. The molecule has 0 radical (unpaired) electrons. The van der Waals surface area contributed by atoms with E-state index in [0.29, 0.717) is 12.1 Å². The van der Waals surface area contributed by atoms with Crippen LogP contribution in [0.1, 0.15) is 31.4 Å². The van der Waals surface area contributed by atoms with Gasteiger partial charge in [0, 0.05) is 32.3 Å². The van der Waals surface area contributed by atoms with Crippen LogP contribution in [0.3, 0.4) is 0 Å². The summed E-state index contributed by atoms with van der Waals surface area (Å²) in [6, 6.07) is 10.9. The molecule has 100 valence electrons. The van der Waals surface area contributed by atoms with Gasteiger partial charge in [-0.25, -0.2) is 0 Å². The Morgan fingerprint density at radius 3 is 2.67 bits per heavy atom. The number of nitrogens with two attached hydrogens (primary N) is 1. The van der Waals surface area contributed by atoms with Crippen molar-refractivity contribution in [1.82, 2.24) is 4.90 Å². The fourth-order valence-corrected chi connectivity index (χ4v) is 2.88. The molecule has 1 aliphatic rings. The van der Waals surface area contributed by atoms with Crippen LogP contribution in [0.4, 0.5) is 0 Å². The molecule has 2 N–H and O–H groups in total. The van der Waals surface area contributed by atoms with E-state index in [-0.39, 0.29) is 6.04 Å². The molecule has 1 saturated heterocycles. The van der Waals surface area contributed by atoms with Gasteiger partial charge in [0.25, 0.3) is 0 Å². The summed E-state index contributed by atoms with van der Waals surface area (Å²) in [5.41, 5.74) is 7.66. The van der Waals surface area contributed by atoms with E-state index >= 15 is 0 Å². The third-order valence-corrected chi connectivity index (χ3v) is 4.00. The minimum Gasteiger partial charge on any atom is -0.380 e. The van der Waals surface area contributed by atoms with Crippen LogP contribution in [0, 0.1) is 0 Å². The first-order valence-electron chi connectivity index (χ1n) is 6.83. The molecular formula is C15H24N2O. The summed E-state index contributed by atoms with van der Waals surface area (Å²) < 4.78 is 5.44. The molecule has 0 aromatic heterocycles. The van der Waals surface area contributed by atoms with Gasteiger partial charge in [-0.05, 0) is 18.4 Å². The van der Waals surface area contributed by atoms with Crippen LogP contribution in [0.2, 0.25) is 0 Å². The smallest absolute Gasteiger partial charge is 0.0710 e. The second kappa shape index (κ2) is 6.32. The monoisotopic (exact) mass is 248 g/mol. The summed E-state index contributed by atoms with van der Waals surface area (Å²) in [5.74, 6) is 0. The van der Waals surface area contributed by atoms with Crippen molar-refractivity contribution in [3.05, 3.63) is 35.9 Å². The van der Waals surface area contributed by atoms with Gasteiger partial charge in [0.15, 0.2) is 0 Å². The molecule has 3 nitrogen and oxygen atoms in total. The molecule has 0 aliphatic carbocycles. The van der Waals surface area contributed by atoms with E-state index in [1.54, 1.807) is 7.11 Å². The van der Waals surface area contributed by atoms with Gasteiger partial charge in [-0.3, -0.25) is 4.90 Å². The molecule has 1 aliphatic heterocycles. The van der Waals surface area contributed by atoms with Crippen LogP contribution in [0.5, 0.6) is 0 Å². The van der Waals surface area contributed by atoms with E-state index in [9.17, 15) is 0 Å². The molecule has 1 aromatic carbocycles. The zero-order valence-corrected chi connectivity index (χ0v) is 11.4.